The molecule has 14 heavy (non-hydrogen) atoms. The number of hydrogen-bond donors (Lipinski definition) is 1. The molecule has 0 atom stereocenters. The van der Waals surface area contributed by atoms with Crippen molar-refractivity contribution in [3.05, 3.63) is 16.1 Å². The number of rotatable bonds is 3. The topological polar surface area (TPSA) is 38.7 Å². The Bertz CT molecular complexity index is 337. The van der Waals surface area contributed by atoms with Crippen molar-refractivity contribution in [1.29, 1.82) is 0 Å². The van der Waals surface area contributed by atoms with Gasteiger partial charge < -0.3 is 14.6 Å². The zero-order chi connectivity index (χ0) is 10.7. The van der Waals surface area contributed by atoms with Crippen LogP contribution in [0.15, 0.2) is 10.5 Å². The van der Waals surface area contributed by atoms with Crippen molar-refractivity contribution >= 4 is 15.9 Å². The van der Waals surface area contributed by atoms with Gasteiger partial charge in [0.2, 0.25) is 0 Å². The molecule has 0 fully saturated rings. The van der Waals surface area contributed by atoms with Gasteiger partial charge in [-0.1, -0.05) is 6.92 Å². The van der Waals surface area contributed by atoms with Crippen molar-refractivity contribution in [1.82, 2.24) is 0 Å². The SMILES string of the molecule is CCc1c(OC)cc(Br)c(O)c1OC. The lowest BCUT2D eigenvalue weighted by molar-refractivity contribution is 0.356. The zero-order valence-electron chi connectivity index (χ0n) is 8.43. The van der Waals surface area contributed by atoms with Crippen LogP contribution in [0.3, 0.4) is 0 Å². The van der Waals surface area contributed by atoms with Crippen molar-refractivity contribution in [2.75, 3.05) is 14.2 Å². The van der Waals surface area contributed by atoms with Crippen LogP contribution in [0.25, 0.3) is 0 Å². The molecule has 0 saturated heterocycles. The fourth-order valence-corrected chi connectivity index (χ4v) is 1.76. The van der Waals surface area contributed by atoms with E-state index >= 15 is 0 Å². The molecular weight excluding hydrogens is 248 g/mol. The Balaban J connectivity index is 3.42. The molecule has 4 heteroatoms. The summed E-state index contributed by atoms with van der Waals surface area (Å²) in [6.07, 6.45) is 0.743. The second-order valence-corrected chi connectivity index (χ2v) is 3.63. The van der Waals surface area contributed by atoms with Crippen LogP contribution in [0.2, 0.25) is 0 Å². The molecule has 0 aliphatic carbocycles. The van der Waals surface area contributed by atoms with Gasteiger partial charge in [0.15, 0.2) is 11.5 Å². The first-order valence-electron chi connectivity index (χ1n) is 4.28. The van der Waals surface area contributed by atoms with E-state index in [4.69, 9.17) is 9.47 Å². The molecule has 1 N–H and O–H groups in total. The van der Waals surface area contributed by atoms with E-state index in [2.05, 4.69) is 15.9 Å². The van der Waals surface area contributed by atoms with E-state index in [-0.39, 0.29) is 5.75 Å². The minimum absolute atomic E-state index is 0.116. The number of aromatic hydroxyl groups is 1. The van der Waals surface area contributed by atoms with Crippen molar-refractivity contribution in [2.45, 2.75) is 13.3 Å². The van der Waals surface area contributed by atoms with E-state index in [0.29, 0.717) is 16.0 Å². The molecule has 0 aliphatic rings. The molecule has 0 heterocycles. The van der Waals surface area contributed by atoms with Crippen LogP contribution in [-0.2, 0) is 6.42 Å². The van der Waals surface area contributed by atoms with E-state index in [9.17, 15) is 5.11 Å². The Morgan fingerprint density at radius 3 is 2.43 bits per heavy atom. The molecule has 0 aliphatic heterocycles. The Kier molecular flexibility index (Phi) is 3.63. The minimum Gasteiger partial charge on any atom is -0.503 e. The first kappa shape index (κ1) is 11.2. The van der Waals surface area contributed by atoms with Crippen LogP contribution in [0.1, 0.15) is 12.5 Å². The molecule has 0 spiro atoms. The van der Waals surface area contributed by atoms with Gasteiger partial charge in [-0.25, -0.2) is 0 Å². The highest BCUT2D eigenvalue weighted by Gasteiger charge is 2.16. The molecule has 0 bridgehead atoms. The van der Waals surface area contributed by atoms with Crippen molar-refractivity contribution < 1.29 is 14.6 Å². The zero-order valence-corrected chi connectivity index (χ0v) is 10.0. The normalized spacial score (nSPS) is 10.0. The van der Waals surface area contributed by atoms with Gasteiger partial charge in [-0.05, 0) is 28.4 Å². The molecule has 1 aromatic rings. The maximum absolute atomic E-state index is 9.70. The molecule has 1 rings (SSSR count). The fourth-order valence-electron chi connectivity index (χ4n) is 1.37. The molecule has 0 aromatic heterocycles. The summed E-state index contributed by atoms with van der Waals surface area (Å²) in [7, 11) is 3.12. The molecule has 0 unspecified atom stereocenters. The number of phenolic OH excluding ortho intramolecular Hbond substituents is 1. The Morgan fingerprint density at radius 1 is 1.36 bits per heavy atom. The maximum atomic E-state index is 9.70. The van der Waals surface area contributed by atoms with Gasteiger partial charge in [-0.3, -0.25) is 0 Å². The van der Waals surface area contributed by atoms with E-state index in [1.165, 1.54) is 7.11 Å². The monoisotopic (exact) mass is 260 g/mol. The van der Waals surface area contributed by atoms with Gasteiger partial charge in [0, 0.05) is 5.56 Å². The molecule has 1 aromatic carbocycles. The van der Waals surface area contributed by atoms with Crippen LogP contribution < -0.4 is 9.47 Å². The highest BCUT2D eigenvalue weighted by Crippen LogP contribution is 2.42. The number of methoxy groups -OCH3 is 2. The molecule has 3 nitrogen and oxygen atoms in total. The van der Waals surface area contributed by atoms with Gasteiger partial charge in [-0.15, -0.1) is 0 Å². The van der Waals surface area contributed by atoms with E-state index in [1.807, 2.05) is 6.92 Å². The van der Waals surface area contributed by atoms with Crippen LogP contribution in [0, 0.1) is 0 Å². The third kappa shape index (κ3) is 1.80. The molecular formula is C10H13BrO3. The first-order chi connectivity index (χ1) is 6.65. The lowest BCUT2D eigenvalue weighted by atomic mass is 10.1. The third-order valence-electron chi connectivity index (χ3n) is 2.05. The molecule has 0 saturated carbocycles. The van der Waals surface area contributed by atoms with E-state index in [1.54, 1.807) is 13.2 Å². The van der Waals surface area contributed by atoms with Crippen LogP contribution in [0.4, 0.5) is 0 Å². The van der Waals surface area contributed by atoms with Crippen LogP contribution in [-0.4, -0.2) is 19.3 Å². The Hall–Kier alpha value is -0.900. The standard InChI is InChI=1S/C10H13BrO3/c1-4-6-8(13-2)5-7(11)9(12)10(6)14-3/h5,12H,4H2,1-3H3. The average molecular weight is 261 g/mol. The number of halogens is 1. The minimum atomic E-state index is 0.116. The molecule has 0 amide bonds. The summed E-state index contributed by atoms with van der Waals surface area (Å²) in [5.74, 6) is 1.30. The highest BCUT2D eigenvalue weighted by molar-refractivity contribution is 9.10. The number of hydrogen-bond acceptors (Lipinski definition) is 3. The Labute approximate surface area is 91.8 Å². The fraction of sp³-hybridized carbons (Fsp3) is 0.400. The summed E-state index contributed by atoms with van der Waals surface area (Å²) in [4.78, 5) is 0. The summed E-state index contributed by atoms with van der Waals surface area (Å²) in [6.45, 7) is 1.98. The van der Waals surface area contributed by atoms with Crippen molar-refractivity contribution in [3.63, 3.8) is 0 Å². The highest BCUT2D eigenvalue weighted by atomic mass is 79.9. The number of ether oxygens (including phenoxy) is 2. The second kappa shape index (κ2) is 4.55. The van der Waals surface area contributed by atoms with E-state index < -0.39 is 0 Å². The maximum Gasteiger partial charge on any atom is 0.172 e. The summed E-state index contributed by atoms with van der Waals surface area (Å²) in [5, 5.41) is 9.70. The predicted octanol–water partition coefficient (Wildman–Crippen LogP) is 2.73. The van der Waals surface area contributed by atoms with Crippen molar-refractivity contribution in [3.8, 4) is 17.2 Å². The van der Waals surface area contributed by atoms with Crippen molar-refractivity contribution in [2.24, 2.45) is 0 Å². The van der Waals surface area contributed by atoms with Gasteiger partial charge in [0.1, 0.15) is 5.75 Å². The second-order valence-electron chi connectivity index (χ2n) is 2.77. The Morgan fingerprint density at radius 2 is 2.00 bits per heavy atom. The molecule has 78 valence electrons. The predicted molar refractivity (Wildman–Crippen MR) is 58.3 cm³/mol. The van der Waals surface area contributed by atoms with E-state index in [0.717, 1.165) is 12.0 Å². The first-order valence-corrected chi connectivity index (χ1v) is 5.07. The largest absolute Gasteiger partial charge is 0.503 e. The van der Waals surface area contributed by atoms with Crippen LogP contribution in [0.5, 0.6) is 17.2 Å². The number of benzene rings is 1. The summed E-state index contributed by atoms with van der Waals surface area (Å²) in [5.41, 5.74) is 0.871. The summed E-state index contributed by atoms with van der Waals surface area (Å²) < 4.78 is 10.9. The van der Waals surface area contributed by atoms with Gasteiger partial charge in [0.25, 0.3) is 0 Å². The lowest BCUT2D eigenvalue weighted by Crippen LogP contribution is -1.96. The third-order valence-corrected chi connectivity index (χ3v) is 2.65. The quantitative estimate of drug-likeness (QED) is 0.909. The molecule has 0 radical (unpaired) electrons. The average Bonchev–Trinajstić information content (AvgIpc) is 2.20. The van der Waals surface area contributed by atoms with Crippen LogP contribution >= 0.6 is 15.9 Å². The van der Waals surface area contributed by atoms with Gasteiger partial charge >= 0.3 is 0 Å². The van der Waals surface area contributed by atoms with Gasteiger partial charge in [0.05, 0.1) is 18.7 Å². The smallest absolute Gasteiger partial charge is 0.172 e. The number of phenols is 1. The summed E-state index contributed by atoms with van der Waals surface area (Å²) in [6, 6.07) is 1.73. The lowest BCUT2D eigenvalue weighted by Gasteiger charge is -2.14. The summed E-state index contributed by atoms with van der Waals surface area (Å²) >= 11 is 3.23. The van der Waals surface area contributed by atoms with Gasteiger partial charge in [-0.2, -0.15) is 0 Å².